The smallest absolute Gasteiger partial charge is 0.182 e. The van der Waals surface area contributed by atoms with Crippen molar-refractivity contribution in [2.24, 2.45) is 0 Å². The second-order valence-electron chi connectivity index (χ2n) is 8.31. The Morgan fingerprint density at radius 1 is 1.18 bits per heavy atom. The second-order valence-corrected chi connectivity index (χ2v) is 10.5. The zero-order chi connectivity index (χ0) is 22.8. The fourth-order valence-corrected chi connectivity index (χ4v) is 6.37. The van der Waals surface area contributed by atoms with Crippen LogP contribution in [0.4, 0.5) is 0 Å². The molecule has 0 radical (unpaired) electrons. The maximum atomic E-state index is 13.2. The number of sulfone groups is 1. The second kappa shape index (κ2) is 8.75. The van der Waals surface area contributed by atoms with E-state index < -0.39 is 15.9 Å². The van der Waals surface area contributed by atoms with Crippen LogP contribution in [0, 0.1) is 11.3 Å². The topological polar surface area (TPSA) is 130 Å². The lowest BCUT2D eigenvalue weighted by Crippen LogP contribution is -2.24. The van der Waals surface area contributed by atoms with Crippen molar-refractivity contribution in [2.45, 2.75) is 54.7 Å². The number of hydrogen-bond donors (Lipinski definition) is 1. The van der Waals surface area contributed by atoms with Crippen molar-refractivity contribution in [3.63, 3.8) is 0 Å². The zero-order valence-electron chi connectivity index (χ0n) is 17.9. The largest absolute Gasteiger partial charge is 0.346 e. The lowest BCUT2D eigenvalue weighted by Gasteiger charge is -2.22. The minimum Gasteiger partial charge on any atom is -0.346 e. The molecule has 1 aliphatic rings. The number of rotatable bonds is 6. The summed E-state index contributed by atoms with van der Waals surface area (Å²) >= 11 is 0. The van der Waals surface area contributed by atoms with Crippen LogP contribution in [0.1, 0.15) is 50.1 Å². The summed E-state index contributed by atoms with van der Waals surface area (Å²) in [6.45, 7) is 0. The van der Waals surface area contributed by atoms with E-state index in [1.165, 1.54) is 12.5 Å². The number of fused-ring (bicyclic) bond motifs is 1. The number of pyridine rings is 1. The Bertz CT molecular complexity index is 1430. The SMILES string of the molecule is N#CCC(c1cncc(S(=O)(=O)C2CCCCC2)c1)n1cc(-c2ncnc3[nH]ccc23)cn1. The van der Waals surface area contributed by atoms with Crippen molar-refractivity contribution in [3.8, 4) is 17.3 Å². The summed E-state index contributed by atoms with van der Waals surface area (Å²) in [5.41, 5.74) is 2.88. The third kappa shape index (κ3) is 4.00. The van der Waals surface area contributed by atoms with Gasteiger partial charge in [-0.2, -0.15) is 10.4 Å². The molecule has 10 heteroatoms. The van der Waals surface area contributed by atoms with E-state index in [-0.39, 0.29) is 16.6 Å². The molecule has 4 aromatic rings. The van der Waals surface area contributed by atoms with Crippen LogP contribution in [0.3, 0.4) is 0 Å². The van der Waals surface area contributed by atoms with Gasteiger partial charge in [-0.15, -0.1) is 0 Å². The lowest BCUT2D eigenvalue weighted by molar-refractivity contribution is 0.483. The average Bonchev–Trinajstić information content (AvgIpc) is 3.53. The molecule has 9 nitrogen and oxygen atoms in total. The number of nitrogens with zero attached hydrogens (tertiary/aromatic N) is 6. The normalized spacial score (nSPS) is 16.0. The van der Waals surface area contributed by atoms with Crippen LogP contribution in [-0.2, 0) is 9.84 Å². The number of nitrogens with one attached hydrogen (secondary N) is 1. The quantitative estimate of drug-likeness (QED) is 0.462. The molecule has 1 N–H and O–H groups in total. The summed E-state index contributed by atoms with van der Waals surface area (Å²) in [7, 11) is -3.47. The van der Waals surface area contributed by atoms with Crippen molar-refractivity contribution < 1.29 is 8.42 Å². The molecular weight excluding hydrogens is 438 g/mol. The first kappa shape index (κ1) is 21.3. The van der Waals surface area contributed by atoms with Crippen LogP contribution >= 0.6 is 0 Å². The van der Waals surface area contributed by atoms with Crippen LogP contribution < -0.4 is 0 Å². The van der Waals surface area contributed by atoms with Gasteiger partial charge in [-0.1, -0.05) is 19.3 Å². The highest BCUT2D eigenvalue weighted by Gasteiger charge is 2.30. The highest BCUT2D eigenvalue weighted by molar-refractivity contribution is 7.92. The number of hydrogen-bond acceptors (Lipinski definition) is 7. The molecule has 0 amide bonds. The van der Waals surface area contributed by atoms with Crippen LogP contribution in [0.15, 0.2) is 54.3 Å². The molecule has 33 heavy (non-hydrogen) atoms. The third-order valence-corrected chi connectivity index (χ3v) is 8.50. The number of nitriles is 1. The Morgan fingerprint density at radius 3 is 2.85 bits per heavy atom. The highest BCUT2D eigenvalue weighted by Crippen LogP contribution is 2.31. The molecule has 0 spiro atoms. The Morgan fingerprint density at radius 2 is 2.03 bits per heavy atom. The molecule has 1 saturated carbocycles. The van der Waals surface area contributed by atoms with Gasteiger partial charge >= 0.3 is 0 Å². The number of aromatic nitrogens is 6. The molecule has 1 fully saturated rings. The Balaban J connectivity index is 1.50. The number of H-pyrrole nitrogens is 1. The molecule has 1 atom stereocenters. The molecule has 5 rings (SSSR count). The molecule has 0 bridgehead atoms. The van der Waals surface area contributed by atoms with E-state index in [1.807, 2.05) is 12.3 Å². The van der Waals surface area contributed by atoms with Gasteiger partial charge in [0, 0.05) is 35.7 Å². The van der Waals surface area contributed by atoms with E-state index in [0.717, 1.165) is 41.6 Å². The van der Waals surface area contributed by atoms with Gasteiger partial charge < -0.3 is 4.98 Å². The van der Waals surface area contributed by atoms with Gasteiger partial charge in [0.15, 0.2) is 9.84 Å². The monoisotopic (exact) mass is 461 g/mol. The van der Waals surface area contributed by atoms with E-state index in [1.54, 1.807) is 29.3 Å². The summed E-state index contributed by atoms with van der Waals surface area (Å²) in [6, 6.07) is 5.27. The van der Waals surface area contributed by atoms with E-state index in [0.29, 0.717) is 18.4 Å². The summed E-state index contributed by atoms with van der Waals surface area (Å²) in [4.78, 5) is 16.1. The fourth-order valence-electron chi connectivity index (χ4n) is 4.53. The first-order valence-electron chi connectivity index (χ1n) is 11.0. The van der Waals surface area contributed by atoms with Gasteiger partial charge in [0.25, 0.3) is 0 Å². The molecule has 0 saturated heterocycles. The molecule has 168 valence electrons. The first-order chi connectivity index (χ1) is 16.1. The van der Waals surface area contributed by atoms with Crippen LogP contribution in [-0.4, -0.2) is 43.4 Å². The lowest BCUT2D eigenvalue weighted by atomic mass is 10.0. The Hall–Kier alpha value is -3.58. The summed E-state index contributed by atoms with van der Waals surface area (Å²) < 4.78 is 28.1. The van der Waals surface area contributed by atoms with Gasteiger partial charge in [0.2, 0.25) is 0 Å². The summed E-state index contributed by atoms with van der Waals surface area (Å²) in [6.07, 6.45) is 14.3. The van der Waals surface area contributed by atoms with Crippen molar-refractivity contribution in [1.82, 2.24) is 29.7 Å². The molecule has 1 unspecified atom stereocenters. The fraction of sp³-hybridized carbons (Fsp3) is 0.348. The van der Waals surface area contributed by atoms with E-state index in [4.69, 9.17) is 0 Å². The van der Waals surface area contributed by atoms with Gasteiger partial charge in [-0.05, 0) is 30.5 Å². The van der Waals surface area contributed by atoms with Crippen molar-refractivity contribution in [3.05, 3.63) is 55.0 Å². The predicted molar refractivity (Wildman–Crippen MR) is 122 cm³/mol. The van der Waals surface area contributed by atoms with Crippen LogP contribution in [0.25, 0.3) is 22.3 Å². The number of aromatic amines is 1. The highest BCUT2D eigenvalue weighted by atomic mass is 32.2. The van der Waals surface area contributed by atoms with Gasteiger partial charge in [-0.3, -0.25) is 9.67 Å². The Kier molecular flexibility index (Phi) is 5.64. The van der Waals surface area contributed by atoms with E-state index in [2.05, 4.69) is 31.1 Å². The molecule has 0 aromatic carbocycles. The standard InChI is InChI=1S/C23H23N7O2S/c24-8-6-21(16-10-19(13-25-11-16)33(31,32)18-4-2-1-3-5-18)30-14-17(12-29-30)22-20-7-9-26-23(20)28-15-27-22/h7,9-15,18,21H,1-6H2,(H,26,27,28). The maximum absolute atomic E-state index is 13.2. The third-order valence-electron chi connectivity index (χ3n) is 6.27. The molecule has 0 aliphatic heterocycles. The van der Waals surface area contributed by atoms with E-state index in [9.17, 15) is 13.7 Å². The zero-order valence-corrected chi connectivity index (χ0v) is 18.7. The van der Waals surface area contributed by atoms with Crippen LogP contribution in [0.2, 0.25) is 0 Å². The van der Waals surface area contributed by atoms with E-state index >= 15 is 0 Å². The summed E-state index contributed by atoms with van der Waals surface area (Å²) in [5.74, 6) is 0. The molecule has 4 aromatic heterocycles. The van der Waals surface area contributed by atoms with Gasteiger partial charge in [-0.25, -0.2) is 18.4 Å². The molecule has 4 heterocycles. The average molecular weight is 462 g/mol. The maximum Gasteiger partial charge on any atom is 0.182 e. The van der Waals surface area contributed by atoms with Crippen molar-refractivity contribution in [1.29, 1.82) is 5.26 Å². The molecular formula is C23H23N7O2S. The Labute approximate surface area is 191 Å². The van der Waals surface area contributed by atoms with Gasteiger partial charge in [0.1, 0.15) is 12.0 Å². The van der Waals surface area contributed by atoms with Crippen molar-refractivity contribution in [2.75, 3.05) is 0 Å². The predicted octanol–water partition coefficient (Wildman–Crippen LogP) is 3.83. The first-order valence-corrected chi connectivity index (χ1v) is 12.5. The summed E-state index contributed by atoms with van der Waals surface area (Å²) in [5, 5.41) is 14.5. The van der Waals surface area contributed by atoms with Crippen LogP contribution in [0.5, 0.6) is 0 Å². The van der Waals surface area contributed by atoms with Gasteiger partial charge in [0.05, 0.1) is 40.6 Å². The minimum atomic E-state index is -3.47. The molecule has 1 aliphatic carbocycles. The minimum absolute atomic E-state index is 0.124. The van der Waals surface area contributed by atoms with Crippen molar-refractivity contribution >= 4 is 20.9 Å².